The molecule has 0 unspecified atom stereocenters. The number of hydrogen-bond acceptors (Lipinski definition) is 6. The fourth-order valence-electron chi connectivity index (χ4n) is 3.25. The lowest BCUT2D eigenvalue weighted by Gasteiger charge is -2.33. The molecule has 26 heavy (non-hydrogen) atoms. The predicted molar refractivity (Wildman–Crippen MR) is 94.3 cm³/mol. The Labute approximate surface area is 151 Å². The van der Waals surface area contributed by atoms with Gasteiger partial charge in [0.2, 0.25) is 0 Å². The number of cyclic esters (lactones) is 1. The molecule has 0 bridgehead atoms. The van der Waals surface area contributed by atoms with Crippen molar-refractivity contribution in [1.29, 1.82) is 0 Å². The maximum Gasteiger partial charge on any atom is 0.339 e. The van der Waals surface area contributed by atoms with Crippen molar-refractivity contribution in [3.8, 4) is 17.2 Å². The van der Waals surface area contributed by atoms with E-state index >= 15 is 0 Å². The van der Waals surface area contributed by atoms with Gasteiger partial charge < -0.3 is 18.9 Å². The van der Waals surface area contributed by atoms with Crippen LogP contribution in [0.2, 0.25) is 0 Å². The number of methoxy groups -OCH3 is 3. The Morgan fingerprint density at radius 3 is 2.15 bits per heavy atom. The van der Waals surface area contributed by atoms with E-state index in [0.717, 1.165) is 5.56 Å². The van der Waals surface area contributed by atoms with E-state index < -0.39 is 18.0 Å². The standard InChI is InChI=1S/C20H20O6/c1-11(21)19-17(12-5-7-13(23-2)8-6-12)18-15(20(22)26-19)9-14(24-3)10-16(18)25-4/h5-10,17,19H,1-4H3/t17-,19-/m0/s1. The summed E-state index contributed by atoms with van der Waals surface area (Å²) < 4.78 is 21.4. The summed E-state index contributed by atoms with van der Waals surface area (Å²) in [5.41, 5.74) is 1.78. The Balaban J connectivity index is 2.24. The van der Waals surface area contributed by atoms with E-state index in [2.05, 4.69) is 0 Å². The third-order valence-corrected chi connectivity index (χ3v) is 4.51. The maximum absolute atomic E-state index is 12.5. The van der Waals surface area contributed by atoms with Crippen LogP contribution < -0.4 is 14.2 Å². The number of hydrogen-bond donors (Lipinski definition) is 0. The average Bonchev–Trinajstić information content (AvgIpc) is 2.67. The van der Waals surface area contributed by atoms with E-state index in [1.165, 1.54) is 21.1 Å². The Morgan fingerprint density at radius 1 is 0.962 bits per heavy atom. The number of ether oxygens (including phenoxy) is 4. The fourth-order valence-corrected chi connectivity index (χ4v) is 3.25. The highest BCUT2D eigenvalue weighted by atomic mass is 16.5. The molecule has 136 valence electrons. The molecule has 0 saturated carbocycles. The number of esters is 1. The smallest absolute Gasteiger partial charge is 0.339 e. The summed E-state index contributed by atoms with van der Waals surface area (Å²) in [5.74, 6) is 0.370. The Kier molecular flexibility index (Phi) is 4.84. The van der Waals surface area contributed by atoms with Gasteiger partial charge in [0.05, 0.1) is 32.8 Å². The van der Waals surface area contributed by atoms with Crippen LogP contribution in [0.25, 0.3) is 0 Å². The first-order chi connectivity index (χ1) is 12.5. The molecule has 0 fully saturated rings. The van der Waals surface area contributed by atoms with E-state index in [1.807, 2.05) is 12.1 Å². The van der Waals surface area contributed by atoms with Gasteiger partial charge in [-0.05, 0) is 30.7 Å². The largest absolute Gasteiger partial charge is 0.497 e. The van der Waals surface area contributed by atoms with Gasteiger partial charge in [-0.15, -0.1) is 0 Å². The van der Waals surface area contributed by atoms with Gasteiger partial charge in [0.1, 0.15) is 17.2 Å². The van der Waals surface area contributed by atoms with Gasteiger partial charge in [-0.25, -0.2) is 4.79 Å². The third kappa shape index (κ3) is 2.98. The number of fused-ring (bicyclic) bond motifs is 1. The molecule has 0 aromatic heterocycles. The van der Waals surface area contributed by atoms with Crippen LogP contribution in [-0.4, -0.2) is 39.2 Å². The van der Waals surface area contributed by atoms with Crippen LogP contribution in [0.1, 0.15) is 34.3 Å². The van der Waals surface area contributed by atoms with Crippen molar-refractivity contribution >= 4 is 11.8 Å². The first kappa shape index (κ1) is 17.8. The van der Waals surface area contributed by atoms with Crippen LogP contribution in [0.5, 0.6) is 17.2 Å². The second kappa shape index (κ2) is 7.07. The summed E-state index contributed by atoms with van der Waals surface area (Å²) in [5, 5.41) is 0. The molecule has 0 radical (unpaired) electrons. The average molecular weight is 356 g/mol. The molecule has 1 heterocycles. The zero-order valence-corrected chi connectivity index (χ0v) is 15.1. The molecular formula is C20H20O6. The number of Topliss-reactive ketones (excluding diaryl/α,β-unsaturated/α-hetero) is 1. The van der Waals surface area contributed by atoms with Gasteiger partial charge in [-0.3, -0.25) is 4.79 Å². The summed E-state index contributed by atoms with van der Waals surface area (Å²) in [4.78, 5) is 24.7. The quantitative estimate of drug-likeness (QED) is 0.767. The van der Waals surface area contributed by atoms with Crippen LogP contribution in [0.4, 0.5) is 0 Å². The van der Waals surface area contributed by atoms with Gasteiger partial charge >= 0.3 is 5.97 Å². The van der Waals surface area contributed by atoms with Gasteiger partial charge in [-0.2, -0.15) is 0 Å². The molecule has 0 N–H and O–H groups in total. The molecule has 3 rings (SSSR count). The van der Waals surface area contributed by atoms with Crippen LogP contribution in [0.3, 0.4) is 0 Å². The second-order valence-corrected chi connectivity index (χ2v) is 5.98. The molecule has 1 aliphatic heterocycles. The first-order valence-corrected chi connectivity index (χ1v) is 8.11. The lowest BCUT2D eigenvalue weighted by molar-refractivity contribution is -0.126. The van der Waals surface area contributed by atoms with E-state index in [-0.39, 0.29) is 5.78 Å². The monoisotopic (exact) mass is 356 g/mol. The third-order valence-electron chi connectivity index (χ3n) is 4.51. The number of benzene rings is 2. The van der Waals surface area contributed by atoms with Gasteiger partial charge in [0.15, 0.2) is 11.9 Å². The summed E-state index contributed by atoms with van der Waals surface area (Å²) in [7, 11) is 4.61. The van der Waals surface area contributed by atoms with E-state index in [4.69, 9.17) is 18.9 Å². The lowest BCUT2D eigenvalue weighted by atomic mass is 9.80. The lowest BCUT2D eigenvalue weighted by Crippen LogP contribution is -2.38. The Morgan fingerprint density at radius 2 is 1.62 bits per heavy atom. The maximum atomic E-state index is 12.5. The van der Waals surface area contributed by atoms with Crippen molar-refractivity contribution in [2.75, 3.05) is 21.3 Å². The van der Waals surface area contributed by atoms with E-state index in [9.17, 15) is 9.59 Å². The minimum atomic E-state index is -0.925. The highest BCUT2D eigenvalue weighted by Gasteiger charge is 2.41. The molecule has 2 aromatic rings. The minimum Gasteiger partial charge on any atom is -0.497 e. The number of carbonyl (C=O) groups excluding carboxylic acids is 2. The molecule has 2 aromatic carbocycles. The van der Waals surface area contributed by atoms with Crippen molar-refractivity contribution in [3.63, 3.8) is 0 Å². The normalized spacial score (nSPS) is 18.5. The summed E-state index contributed by atoms with van der Waals surface area (Å²) in [6, 6.07) is 10.6. The van der Waals surface area contributed by atoms with E-state index in [1.54, 1.807) is 31.4 Å². The van der Waals surface area contributed by atoms with Gasteiger partial charge in [-0.1, -0.05) is 12.1 Å². The van der Waals surface area contributed by atoms with Crippen LogP contribution in [-0.2, 0) is 9.53 Å². The van der Waals surface area contributed by atoms with Crippen LogP contribution in [0, 0.1) is 0 Å². The molecule has 0 saturated heterocycles. The minimum absolute atomic E-state index is 0.234. The van der Waals surface area contributed by atoms with Crippen LogP contribution in [0.15, 0.2) is 36.4 Å². The highest BCUT2D eigenvalue weighted by Crippen LogP contribution is 2.44. The van der Waals surface area contributed by atoms with Crippen molar-refractivity contribution in [2.45, 2.75) is 18.9 Å². The summed E-state index contributed by atoms with van der Waals surface area (Å²) in [6.45, 7) is 1.41. The van der Waals surface area contributed by atoms with Crippen molar-refractivity contribution in [3.05, 3.63) is 53.1 Å². The molecule has 6 nitrogen and oxygen atoms in total. The first-order valence-electron chi connectivity index (χ1n) is 8.11. The molecule has 2 atom stereocenters. The van der Waals surface area contributed by atoms with Gasteiger partial charge in [0, 0.05) is 11.6 Å². The molecule has 6 heteroatoms. The Bertz CT molecular complexity index is 840. The predicted octanol–water partition coefficient (Wildman–Crippen LogP) is 2.97. The molecule has 0 amide bonds. The molecule has 1 aliphatic rings. The second-order valence-electron chi connectivity index (χ2n) is 5.98. The summed E-state index contributed by atoms with van der Waals surface area (Å²) >= 11 is 0. The number of rotatable bonds is 5. The number of carbonyl (C=O) groups is 2. The zero-order valence-electron chi connectivity index (χ0n) is 15.1. The summed E-state index contributed by atoms with van der Waals surface area (Å²) in [6.07, 6.45) is -0.925. The topological polar surface area (TPSA) is 71.1 Å². The fraction of sp³-hybridized carbons (Fsp3) is 0.300. The van der Waals surface area contributed by atoms with Crippen LogP contribution >= 0.6 is 0 Å². The zero-order chi connectivity index (χ0) is 18.8. The Hall–Kier alpha value is -3.02. The SMILES string of the molecule is COc1ccc([C@H]2c3c(OC)cc(OC)cc3C(=O)O[C@H]2C(C)=O)cc1. The van der Waals surface area contributed by atoms with Crippen molar-refractivity contribution < 1.29 is 28.5 Å². The van der Waals surface area contributed by atoms with Crippen molar-refractivity contribution in [2.24, 2.45) is 0 Å². The molecular weight excluding hydrogens is 336 g/mol. The molecule has 0 spiro atoms. The highest BCUT2D eigenvalue weighted by molar-refractivity contribution is 5.98. The number of ketones is 1. The van der Waals surface area contributed by atoms with Gasteiger partial charge in [0.25, 0.3) is 0 Å². The van der Waals surface area contributed by atoms with E-state index in [0.29, 0.717) is 28.4 Å². The van der Waals surface area contributed by atoms with Crippen molar-refractivity contribution in [1.82, 2.24) is 0 Å². The molecule has 0 aliphatic carbocycles.